The van der Waals surface area contributed by atoms with E-state index in [9.17, 15) is 18.0 Å². The van der Waals surface area contributed by atoms with E-state index >= 15 is 0 Å². The smallest absolute Gasteiger partial charge is 0.365 e. The van der Waals surface area contributed by atoms with Crippen LogP contribution in [0.2, 0.25) is 0 Å². The number of anilines is 1. The van der Waals surface area contributed by atoms with Crippen LogP contribution in [-0.2, 0) is 6.18 Å². The SMILES string of the molecule is Cc1ccc(-n2nccn2)c(C(=O)N2[C@@H]3CC(CC3Nc3ccc(C(F)(F)F)cn3)[C@@H]2C)n1. The maximum absolute atomic E-state index is 13.7. The molecule has 2 bridgehead atoms. The van der Waals surface area contributed by atoms with Gasteiger partial charge >= 0.3 is 6.18 Å². The van der Waals surface area contributed by atoms with Gasteiger partial charge in [0.2, 0.25) is 0 Å². The Morgan fingerprint density at radius 2 is 1.88 bits per heavy atom. The Bertz CT molecular complexity index is 1160. The average Bonchev–Trinajstić information content (AvgIpc) is 3.50. The monoisotopic (exact) mass is 457 g/mol. The summed E-state index contributed by atoms with van der Waals surface area (Å²) >= 11 is 0. The van der Waals surface area contributed by atoms with E-state index in [0.29, 0.717) is 17.2 Å². The molecule has 33 heavy (non-hydrogen) atoms. The van der Waals surface area contributed by atoms with Crippen LogP contribution < -0.4 is 5.32 Å². The van der Waals surface area contributed by atoms with E-state index in [1.807, 2.05) is 18.7 Å². The van der Waals surface area contributed by atoms with Gasteiger partial charge < -0.3 is 10.2 Å². The van der Waals surface area contributed by atoms with E-state index in [0.717, 1.165) is 25.1 Å². The maximum Gasteiger partial charge on any atom is 0.417 e. The Morgan fingerprint density at radius 3 is 2.52 bits per heavy atom. The van der Waals surface area contributed by atoms with Crippen LogP contribution in [0.15, 0.2) is 42.9 Å². The molecular weight excluding hydrogens is 435 g/mol. The number of fused-ring (bicyclic) bond motifs is 2. The third kappa shape index (κ3) is 3.81. The predicted molar refractivity (Wildman–Crippen MR) is 113 cm³/mol. The van der Waals surface area contributed by atoms with Crippen molar-refractivity contribution < 1.29 is 18.0 Å². The number of piperidine rings is 1. The number of aryl methyl sites for hydroxylation is 1. The van der Waals surface area contributed by atoms with Crippen LogP contribution in [0.4, 0.5) is 19.0 Å². The lowest BCUT2D eigenvalue weighted by molar-refractivity contribution is -0.137. The molecule has 0 spiro atoms. The second-order valence-corrected chi connectivity index (χ2v) is 8.57. The largest absolute Gasteiger partial charge is 0.417 e. The van der Waals surface area contributed by atoms with Gasteiger partial charge in [-0.05, 0) is 56.9 Å². The van der Waals surface area contributed by atoms with E-state index in [1.54, 1.807) is 12.1 Å². The second-order valence-electron chi connectivity index (χ2n) is 8.57. The second kappa shape index (κ2) is 7.82. The number of carbonyl (C=O) groups is 1. The number of nitrogens with one attached hydrogen (secondary N) is 1. The van der Waals surface area contributed by atoms with Crippen molar-refractivity contribution in [3.8, 4) is 5.69 Å². The van der Waals surface area contributed by atoms with Crippen molar-refractivity contribution in [3.63, 3.8) is 0 Å². The number of hydrogen-bond acceptors (Lipinski definition) is 6. The number of pyridine rings is 2. The minimum absolute atomic E-state index is 0.0156. The fourth-order valence-electron chi connectivity index (χ4n) is 4.94. The Morgan fingerprint density at radius 1 is 1.12 bits per heavy atom. The Hall–Kier alpha value is -3.50. The van der Waals surface area contributed by atoms with Gasteiger partial charge in [-0.2, -0.15) is 23.4 Å². The third-order valence-corrected chi connectivity index (χ3v) is 6.55. The molecule has 1 aliphatic heterocycles. The molecule has 0 aromatic carbocycles. The normalized spacial score (nSPS) is 24.3. The highest BCUT2D eigenvalue weighted by Gasteiger charge is 2.52. The van der Waals surface area contributed by atoms with Gasteiger partial charge in [0, 0.05) is 24.0 Å². The van der Waals surface area contributed by atoms with Gasteiger partial charge in [-0.3, -0.25) is 4.79 Å². The van der Waals surface area contributed by atoms with Crippen LogP contribution in [0.5, 0.6) is 0 Å². The van der Waals surface area contributed by atoms with Crippen molar-refractivity contribution in [1.29, 1.82) is 0 Å². The first-order valence-electron chi connectivity index (χ1n) is 10.7. The summed E-state index contributed by atoms with van der Waals surface area (Å²) in [6.45, 7) is 3.84. The molecule has 1 saturated heterocycles. The van der Waals surface area contributed by atoms with Gasteiger partial charge in [0.25, 0.3) is 5.91 Å². The molecule has 8 nitrogen and oxygen atoms in total. The number of nitrogens with zero attached hydrogens (tertiary/aromatic N) is 6. The topological polar surface area (TPSA) is 88.8 Å². The van der Waals surface area contributed by atoms with Crippen LogP contribution in [0, 0.1) is 12.8 Å². The summed E-state index contributed by atoms with van der Waals surface area (Å²) in [7, 11) is 0. The summed E-state index contributed by atoms with van der Waals surface area (Å²) in [4.78, 5) is 25.3. The van der Waals surface area contributed by atoms with Gasteiger partial charge in [0.05, 0.1) is 24.0 Å². The maximum atomic E-state index is 13.7. The number of alkyl halides is 3. The molecule has 4 heterocycles. The van der Waals surface area contributed by atoms with Crippen LogP contribution in [0.3, 0.4) is 0 Å². The van der Waals surface area contributed by atoms with E-state index in [2.05, 4.69) is 25.5 Å². The molecule has 11 heteroatoms. The van der Waals surface area contributed by atoms with Crippen molar-refractivity contribution in [1.82, 2.24) is 29.9 Å². The highest BCUT2D eigenvalue weighted by atomic mass is 19.4. The van der Waals surface area contributed by atoms with Crippen LogP contribution in [-0.4, -0.2) is 53.9 Å². The van der Waals surface area contributed by atoms with E-state index < -0.39 is 11.7 Å². The van der Waals surface area contributed by atoms with Crippen LogP contribution in [0.25, 0.3) is 5.69 Å². The minimum atomic E-state index is -4.43. The summed E-state index contributed by atoms with van der Waals surface area (Å²) in [5, 5.41) is 11.5. The molecule has 172 valence electrons. The van der Waals surface area contributed by atoms with Crippen LogP contribution in [0.1, 0.15) is 41.5 Å². The number of hydrogen-bond donors (Lipinski definition) is 1. The molecule has 1 N–H and O–H groups in total. The Kier molecular flexibility index (Phi) is 5.06. The molecule has 0 radical (unpaired) electrons. The van der Waals surface area contributed by atoms with E-state index in [1.165, 1.54) is 23.3 Å². The molecule has 4 atom stereocenters. The van der Waals surface area contributed by atoms with Gasteiger partial charge in [0.1, 0.15) is 11.5 Å². The number of amides is 1. The zero-order valence-electron chi connectivity index (χ0n) is 18.0. The summed E-state index contributed by atoms with van der Waals surface area (Å²) in [6.07, 6.45) is 1.08. The first kappa shape index (κ1) is 21.4. The average molecular weight is 457 g/mol. The van der Waals surface area contributed by atoms with Gasteiger partial charge in [-0.25, -0.2) is 9.97 Å². The molecule has 1 amide bonds. The molecule has 1 saturated carbocycles. The summed E-state index contributed by atoms with van der Waals surface area (Å²) < 4.78 is 38.5. The Balaban J connectivity index is 1.40. The van der Waals surface area contributed by atoms with Gasteiger partial charge in [-0.15, -0.1) is 4.80 Å². The lowest BCUT2D eigenvalue weighted by atomic mass is 9.97. The zero-order chi connectivity index (χ0) is 23.3. The predicted octanol–water partition coefficient (Wildman–Crippen LogP) is 3.49. The molecular formula is C22H22F3N7O. The van der Waals surface area contributed by atoms with Gasteiger partial charge in [0.15, 0.2) is 5.69 Å². The quantitative estimate of drug-likeness (QED) is 0.645. The van der Waals surface area contributed by atoms with Crippen molar-refractivity contribution in [2.45, 2.75) is 51.0 Å². The number of rotatable bonds is 4. The van der Waals surface area contributed by atoms with Crippen molar-refractivity contribution in [2.24, 2.45) is 5.92 Å². The fraction of sp³-hybridized carbons (Fsp3) is 0.409. The van der Waals surface area contributed by atoms with E-state index in [4.69, 9.17) is 0 Å². The van der Waals surface area contributed by atoms with Crippen molar-refractivity contribution >= 4 is 11.7 Å². The number of aromatic nitrogens is 5. The minimum Gasteiger partial charge on any atom is -0.365 e. The molecule has 2 aliphatic rings. The number of halogens is 3. The Labute approximate surface area is 187 Å². The standard InChI is InChI=1S/C22H22F3N7O/c1-12-3-5-17(32-27-7-8-28-32)20(29-12)21(33)31-13(2)14-9-16(18(31)10-14)30-19-6-4-15(11-26-19)22(23,24)25/h3-8,11,13-14,16,18H,9-10H2,1-2H3,(H,26,30)/t13-,14?,16?,18+/m0/s1. The highest BCUT2D eigenvalue weighted by molar-refractivity contribution is 5.96. The van der Waals surface area contributed by atoms with Crippen molar-refractivity contribution in [3.05, 3.63) is 59.8 Å². The first-order valence-corrected chi connectivity index (χ1v) is 10.7. The highest BCUT2D eigenvalue weighted by Crippen LogP contribution is 2.44. The summed E-state index contributed by atoms with van der Waals surface area (Å²) in [6, 6.07) is 5.69. The molecule has 3 aromatic heterocycles. The number of likely N-dealkylation sites (tertiary alicyclic amines) is 1. The zero-order valence-corrected chi connectivity index (χ0v) is 18.0. The molecule has 5 rings (SSSR count). The summed E-state index contributed by atoms with van der Waals surface area (Å²) in [5.41, 5.74) is 0.683. The lowest BCUT2D eigenvalue weighted by Crippen LogP contribution is -2.52. The van der Waals surface area contributed by atoms with E-state index in [-0.39, 0.29) is 35.6 Å². The molecule has 2 fully saturated rings. The number of carbonyl (C=O) groups excluding carboxylic acids is 1. The lowest BCUT2D eigenvalue weighted by Gasteiger charge is -2.38. The van der Waals surface area contributed by atoms with Crippen LogP contribution >= 0.6 is 0 Å². The third-order valence-electron chi connectivity index (χ3n) is 6.55. The molecule has 2 unspecified atom stereocenters. The van der Waals surface area contributed by atoms with Crippen molar-refractivity contribution in [2.75, 3.05) is 5.32 Å². The fourth-order valence-corrected chi connectivity index (χ4v) is 4.94. The molecule has 1 aliphatic carbocycles. The molecule has 3 aromatic rings. The first-order chi connectivity index (χ1) is 15.7. The van der Waals surface area contributed by atoms with Gasteiger partial charge in [-0.1, -0.05) is 0 Å². The summed E-state index contributed by atoms with van der Waals surface area (Å²) in [5.74, 6) is 0.426.